The molecule has 90 valence electrons. The van der Waals surface area contributed by atoms with Crippen molar-refractivity contribution in [1.29, 1.82) is 0 Å². The fraction of sp³-hybridized carbons (Fsp3) is 0.200. The Morgan fingerprint density at radius 3 is 2.78 bits per heavy atom. The number of aromatic nitrogens is 2. The van der Waals surface area contributed by atoms with E-state index in [4.69, 9.17) is 0 Å². The largest absolute Gasteiger partial charge is 0.292 e. The minimum absolute atomic E-state index is 0.0347. The second kappa shape index (κ2) is 5.83. The van der Waals surface area contributed by atoms with E-state index in [-0.39, 0.29) is 5.78 Å². The number of hydrogen-bond acceptors (Lipinski definition) is 2. The van der Waals surface area contributed by atoms with Crippen molar-refractivity contribution in [3.8, 4) is 17.5 Å². The van der Waals surface area contributed by atoms with E-state index in [0.717, 1.165) is 5.69 Å². The van der Waals surface area contributed by atoms with E-state index in [2.05, 4.69) is 16.9 Å². The summed E-state index contributed by atoms with van der Waals surface area (Å²) in [7, 11) is 0. The van der Waals surface area contributed by atoms with Gasteiger partial charge >= 0.3 is 0 Å². The first-order valence-electron chi connectivity index (χ1n) is 5.85. The van der Waals surface area contributed by atoms with Crippen LogP contribution in [0.1, 0.15) is 30.3 Å². The Bertz CT molecular complexity index is 588. The van der Waals surface area contributed by atoms with E-state index in [0.29, 0.717) is 18.5 Å². The molecule has 1 aromatic carbocycles. The van der Waals surface area contributed by atoms with Crippen molar-refractivity contribution in [2.45, 2.75) is 19.8 Å². The zero-order valence-corrected chi connectivity index (χ0v) is 10.3. The number of carbonyl (C=O) groups excluding carboxylic acids is 1. The predicted molar refractivity (Wildman–Crippen MR) is 70.6 cm³/mol. The van der Waals surface area contributed by atoms with Crippen molar-refractivity contribution in [2.75, 3.05) is 0 Å². The summed E-state index contributed by atoms with van der Waals surface area (Å²) in [6, 6.07) is 11.5. The van der Waals surface area contributed by atoms with Gasteiger partial charge in [0, 0.05) is 19.0 Å². The smallest absolute Gasteiger partial charge is 0.184 e. The van der Waals surface area contributed by atoms with Crippen LogP contribution in [0.2, 0.25) is 0 Å². The second-order valence-corrected chi connectivity index (χ2v) is 3.83. The van der Waals surface area contributed by atoms with E-state index < -0.39 is 0 Å². The summed E-state index contributed by atoms with van der Waals surface area (Å²) in [5, 5.41) is 4.28. The summed E-state index contributed by atoms with van der Waals surface area (Å²) in [4.78, 5) is 11.8. The first kappa shape index (κ1) is 12.1. The molecule has 2 aromatic rings. The highest BCUT2D eigenvalue weighted by molar-refractivity contribution is 5.94. The first-order valence-corrected chi connectivity index (χ1v) is 5.85. The Labute approximate surface area is 106 Å². The topological polar surface area (TPSA) is 34.9 Å². The lowest BCUT2D eigenvalue weighted by Crippen LogP contribution is -2.02. The molecule has 0 aliphatic heterocycles. The Hall–Kier alpha value is -2.34. The number of hydrogen-bond donors (Lipinski definition) is 0. The lowest BCUT2D eigenvalue weighted by atomic mass is 10.2. The van der Waals surface area contributed by atoms with Gasteiger partial charge in [-0.15, -0.1) is 11.8 Å². The van der Waals surface area contributed by atoms with E-state index in [9.17, 15) is 4.79 Å². The average Bonchev–Trinajstić information content (AvgIpc) is 2.89. The molecule has 2 rings (SSSR count). The number of benzene rings is 1. The summed E-state index contributed by atoms with van der Waals surface area (Å²) < 4.78 is 1.71. The Balaban J connectivity index is 2.10. The standard InChI is InChI=1S/C15H14N2O/c1-2-3-5-10-15(18)14-11-12-17(16-14)13-8-6-4-7-9-13/h4,6-9,11-12H,5,10H2,1H3. The van der Waals surface area contributed by atoms with Crippen LogP contribution in [-0.4, -0.2) is 15.6 Å². The molecule has 0 bridgehead atoms. The van der Waals surface area contributed by atoms with E-state index in [1.54, 1.807) is 23.9 Å². The van der Waals surface area contributed by atoms with Crippen LogP contribution in [0.5, 0.6) is 0 Å². The molecule has 0 aliphatic carbocycles. The second-order valence-electron chi connectivity index (χ2n) is 3.83. The summed E-state index contributed by atoms with van der Waals surface area (Å²) in [5.41, 5.74) is 1.45. The Morgan fingerprint density at radius 2 is 2.06 bits per heavy atom. The number of Topliss-reactive ketones (excluding diaryl/α,β-unsaturated/α-hetero) is 1. The highest BCUT2D eigenvalue weighted by Crippen LogP contribution is 2.08. The van der Waals surface area contributed by atoms with Crippen LogP contribution in [0.3, 0.4) is 0 Å². The quantitative estimate of drug-likeness (QED) is 0.606. The highest BCUT2D eigenvalue weighted by atomic mass is 16.1. The van der Waals surface area contributed by atoms with Crippen molar-refractivity contribution in [2.24, 2.45) is 0 Å². The highest BCUT2D eigenvalue weighted by Gasteiger charge is 2.09. The SMILES string of the molecule is CC#CCCC(=O)c1ccn(-c2ccccc2)n1. The molecule has 0 atom stereocenters. The summed E-state index contributed by atoms with van der Waals surface area (Å²) in [6.45, 7) is 1.77. The van der Waals surface area contributed by atoms with Crippen LogP contribution in [0, 0.1) is 11.8 Å². The van der Waals surface area contributed by atoms with E-state index in [1.807, 2.05) is 30.3 Å². The van der Waals surface area contributed by atoms with Gasteiger partial charge in [0.1, 0.15) is 5.69 Å². The number of carbonyl (C=O) groups is 1. The molecule has 0 N–H and O–H groups in total. The molecule has 0 radical (unpaired) electrons. The van der Waals surface area contributed by atoms with Gasteiger partial charge in [0.2, 0.25) is 0 Å². The molecule has 0 amide bonds. The van der Waals surface area contributed by atoms with Crippen LogP contribution in [0.4, 0.5) is 0 Å². The van der Waals surface area contributed by atoms with Crippen LogP contribution in [-0.2, 0) is 0 Å². The van der Waals surface area contributed by atoms with Gasteiger partial charge in [-0.2, -0.15) is 5.10 Å². The van der Waals surface area contributed by atoms with Gasteiger partial charge in [-0.3, -0.25) is 4.79 Å². The monoisotopic (exact) mass is 238 g/mol. The van der Waals surface area contributed by atoms with Crippen LogP contribution < -0.4 is 0 Å². The minimum atomic E-state index is 0.0347. The van der Waals surface area contributed by atoms with Gasteiger partial charge in [0.25, 0.3) is 0 Å². The third-order valence-electron chi connectivity index (χ3n) is 2.55. The fourth-order valence-corrected chi connectivity index (χ4v) is 1.63. The number of para-hydroxylation sites is 1. The van der Waals surface area contributed by atoms with Gasteiger partial charge in [0.05, 0.1) is 5.69 Å². The molecule has 0 fully saturated rings. The predicted octanol–water partition coefficient (Wildman–Crippen LogP) is 2.86. The average molecular weight is 238 g/mol. The normalized spacial score (nSPS) is 9.61. The van der Waals surface area contributed by atoms with Crippen molar-refractivity contribution in [3.63, 3.8) is 0 Å². The lowest BCUT2D eigenvalue weighted by Gasteiger charge is -1.99. The minimum Gasteiger partial charge on any atom is -0.292 e. The summed E-state index contributed by atoms with van der Waals surface area (Å²) in [6.07, 6.45) is 2.81. The summed E-state index contributed by atoms with van der Waals surface area (Å²) in [5.74, 6) is 5.69. The van der Waals surface area contributed by atoms with Gasteiger partial charge in [-0.05, 0) is 25.1 Å². The van der Waals surface area contributed by atoms with Gasteiger partial charge < -0.3 is 0 Å². The fourth-order valence-electron chi connectivity index (χ4n) is 1.63. The van der Waals surface area contributed by atoms with E-state index >= 15 is 0 Å². The number of rotatable bonds is 4. The van der Waals surface area contributed by atoms with Crippen molar-refractivity contribution >= 4 is 5.78 Å². The number of nitrogens with zero attached hydrogens (tertiary/aromatic N) is 2. The molecule has 1 heterocycles. The molecule has 0 saturated heterocycles. The van der Waals surface area contributed by atoms with Gasteiger partial charge in [-0.1, -0.05) is 18.2 Å². The maximum atomic E-state index is 11.8. The van der Waals surface area contributed by atoms with E-state index in [1.165, 1.54) is 0 Å². The first-order chi connectivity index (χ1) is 8.81. The maximum absolute atomic E-state index is 11.8. The van der Waals surface area contributed by atoms with Gasteiger partial charge in [0.15, 0.2) is 5.78 Å². The van der Waals surface area contributed by atoms with Crippen LogP contribution in [0.25, 0.3) is 5.69 Å². The zero-order chi connectivity index (χ0) is 12.8. The summed E-state index contributed by atoms with van der Waals surface area (Å²) >= 11 is 0. The maximum Gasteiger partial charge on any atom is 0.184 e. The van der Waals surface area contributed by atoms with Crippen LogP contribution in [0.15, 0.2) is 42.6 Å². The third kappa shape index (κ3) is 2.86. The molecule has 3 nitrogen and oxygen atoms in total. The molecule has 0 aliphatic rings. The number of ketones is 1. The Kier molecular flexibility index (Phi) is 3.93. The van der Waals surface area contributed by atoms with Crippen molar-refractivity contribution in [3.05, 3.63) is 48.3 Å². The van der Waals surface area contributed by atoms with Gasteiger partial charge in [-0.25, -0.2) is 4.68 Å². The van der Waals surface area contributed by atoms with Crippen molar-refractivity contribution in [1.82, 2.24) is 9.78 Å². The Morgan fingerprint density at radius 1 is 1.28 bits per heavy atom. The molecule has 0 unspecified atom stereocenters. The van der Waals surface area contributed by atoms with Crippen molar-refractivity contribution < 1.29 is 4.79 Å². The molecular formula is C15H14N2O. The molecule has 0 spiro atoms. The molecular weight excluding hydrogens is 224 g/mol. The molecule has 0 saturated carbocycles. The molecule has 3 heteroatoms. The molecule has 1 aromatic heterocycles. The van der Waals surface area contributed by atoms with Crippen LogP contribution >= 0.6 is 0 Å². The lowest BCUT2D eigenvalue weighted by molar-refractivity contribution is 0.0979. The zero-order valence-electron chi connectivity index (χ0n) is 10.3. The molecule has 18 heavy (non-hydrogen) atoms. The third-order valence-corrected chi connectivity index (χ3v) is 2.55.